The summed E-state index contributed by atoms with van der Waals surface area (Å²) in [6.45, 7) is 0. The molecule has 0 atom stereocenters. The number of halogens is 2. The number of anilines is 3. The van der Waals surface area contributed by atoms with Gasteiger partial charge in [-0.2, -0.15) is 0 Å². The fraction of sp³-hybridized carbons (Fsp3) is 0. The van der Waals surface area contributed by atoms with E-state index in [4.69, 9.17) is 17.3 Å². The average Bonchev–Trinajstić information content (AvgIpc) is 2.34. The van der Waals surface area contributed by atoms with E-state index in [2.05, 4.69) is 5.32 Å². The molecule has 0 radical (unpaired) electrons. The number of nitrogens with zero attached hydrogens (tertiary/aromatic N) is 1. The number of para-hydroxylation sites is 1. The zero-order chi connectivity index (χ0) is 14.0. The minimum absolute atomic E-state index is 0.00237. The summed E-state index contributed by atoms with van der Waals surface area (Å²) < 4.78 is 13.7. The van der Waals surface area contributed by atoms with Gasteiger partial charge in [-0.3, -0.25) is 10.1 Å². The quantitative estimate of drug-likeness (QED) is 0.510. The molecule has 0 amide bonds. The first-order valence-corrected chi connectivity index (χ1v) is 5.62. The first kappa shape index (κ1) is 13.1. The summed E-state index contributed by atoms with van der Waals surface area (Å²) >= 11 is 5.64. The molecule has 0 heterocycles. The molecule has 0 saturated heterocycles. The zero-order valence-electron chi connectivity index (χ0n) is 9.56. The van der Waals surface area contributed by atoms with Crippen molar-refractivity contribution in [2.75, 3.05) is 11.1 Å². The van der Waals surface area contributed by atoms with Crippen molar-refractivity contribution in [2.24, 2.45) is 0 Å². The number of hydrogen-bond acceptors (Lipinski definition) is 4. The lowest BCUT2D eigenvalue weighted by atomic mass is 10.2. The van der Waals surface area contributed by atoms with Gasteiger partial charge in [-0.15, -0.1) is 0 Å². The fourth-order valence-corrected chi connectivity index (χ4v) is 1.79. The van der Waals surface area contributed by atoms with Gasteiger partial charge in [-0.25, -0.2) is 4.39 Å². The van der Waals surface area contributed by atoms with Crippen LogP contribution in [0.25, 0.3) is 0 Å². The number of nitrogens with one attached hydrogen (secondary N) is 1. The lowest BCUT2D eigenvalue weighted by Gasteiger charge is -2.09. The van der Waals surface area contributed by atoms with Gasteiger partial charge >= 0.3 is 5.69 Å². The van der Waals surface area contributed by atoms with E-state index in [9.17, 15) is 14.5 Å². The molecule has 0 bridgehead atoms. The minimum Gasteiger partial charge on any atom is -0.393 e. The number of nitrogens with two attached hydrogens (primary N) is 1. The Labute approximate surface area is 113 Å². The topological polar surface area (TPSA) is 81.2 Å². The molecule has 7 heteroatoms. The Kier molecular flexibility index (Phi) is 3.52. The van der Waals surface area contributed by atoms with Crippen molar-refractivity contribution in [1.29, 1.82) is 0 Å². The first-order chi connectivity index (χ1) is 9.00. The van der Waals surface area contributed by atoms with E-state index in [1.54, 1.807) is 0 Å². The molecule has 2 rings (SSSR count). The molecule has 5 nitrogen and oxygen atoms in total. The smallest absolute Gasteiger partial charge is 0.315 e. The Bertz CT molecular complexity index is 649. The van der Waals surface area contributed by atoms with E-state index in [1.807, 2.05) is 0 Å². The van der Waals surface area contributed by atoms with Crippen molar-refractivity contribution in [3.63, 3.8) is 0 Å². The largest absolute Gasteiger partial charge is 0.393 e. The van der Waals surface area contributed by atoms with Crippen molar-refractivity contribution < 1.29 is 9.31 Å². The number of rotatable bonds is 3. The molecule has 0 aliphatic carbocycles. The molecule has 0 aromatic heterocycles. The average molecular weight is 282 g/mol. The Morgan fingerprint density at radius 3 is 2.53 bits per heavy atom. The van der Waals surface area contributed by atoms with Gasteiger partial charge in [0.05, 0.1) is 15.6 Å². The summed E-state index contributed by atoms with van der Waals surface area (Å²) in [6, 6.07) is 8.72. The zero-order valence-corrected chi connectivity index (χ0v) is 10.3. The fourth-order valence-electron chi connectivity index (χ4n) is 1.61. The predicted molar refractivity (Wildman–Crippen MR) is 72.2 cm³/mol. The molecule has 2 aromatic carbocycles. The van der Waals surface area contributed by atoms with E-state index < -0.39 is 10.7 Å². The minimum atomic E-state index is -0.680. The molecular weight excluding hydrogens is 273 g/mol. The summed E-state index contributed by atoms with van der Waals surface area (Å²) in [5.41, 5.74) is 5.38. The monoisotopic (exact) mass is 281 g/mol. The second kappa shape index (κ2) is 5.11. The van der Waals surface area contributed by atoms with Gasteiger partial charge in [0, 0.05) is 0 Å². The van der Waals surface area contributed by atoms with E-state index in [0.717, 1.165) is 0 Å². The Morgan fingerprint density at radius 2 is 1.84 bits per heavy atom. The molecule has 3 N–H and O–H groups in total. The van der Waals surface area contributed by atoms with Crippen LogP contribution in [0.15, 0.2) is 36.4 Å². The molecule has 0 fully saturated rings. The number of benzene rings is 2. The Morgan fingerprint density at radius 1 is 1.21 bits per heavy atom. The summed E-state index contributed by atoms with van der Waals surface area (Å²) in [6.07, 6.45) is 0. The second-order valence-corrected chi connectivity index (χ2v) is 4.13. The van der Waals surface area contributed by atoms with Crippen molar-refractivity contribution in [3.05, 3.63) is 57.4 Å². The third kappa shape index (κ3) is 2.58. The highest BCUT2D eigenvalue weighted by atomic mass is 35.5. The lowest BCUT2D eigenvalue weighted by molar-refractivity contribution is -0.383. The molecule has 0 saturated carbocycles. The van der Waals surface area contributed by atoms with Gasteiger partial charge in [0.2, 0.25) is 0 Å². The van der Waals surface area contributed by atoms with E-state index in [1.165, 1.54) is 36.4 Å². The Balaban J connectivity index is 2.47. The highest BCUT2D eigenvalue weighted by Crippen LogP contribution is 2.34. The van der Waals surface area contributed by atoms with Crippen LogP contribution in [0.2, 0.25) is 5.02 Å². The number of nitro groups is 1. The first-order valence-electron chi connectivity index (χ1n) is 5.24. The number of nitro benzene ring substituents is 1. The van der Waals surface area contributed by atoms with Gasteiger partial charge in [0.25, 0.3) is 0 Å². The third-order valence-corrected chi connectivity index (χ3v) is 2.76. The second-order valence-electron chi connectivity index (χ2n) is 3.73. The van der Waals surface area contributed by atoms with Crippen molar-refractivity contribution in [1.82, 2.24) is 0 Å². The van der Waals surface area contributed by atoms with Crippen LogP contribution in [-0.4, -0.2) is 4.92 Å². The van der Waals surface area contributed by atoms with E-state index >= 15 is 0 Å². The molecule has 98 valence electrons. The van der Waals surface area contributed by atoms with Crippen molar-refractivity contribution in [3.8, 4) is 0 Å². The summed E-state index contributed by atoms with van der Waals surface area (Å²) in [5, 5.41) is 13.5. The number of hydrogen-bond donors (Lipinski definition) is 2. The van der Waals surface area contributed by atoms with Crippen LogP contribution in [-0.2, 0) is 0 Å². The molecule has 2 aromatic rings. The van der Waals surface area contributed by atoms with Crippen LogP contribution in [0.5, 0.6) is 0 Å². The molecule has 0 aliphatic heterocycles. The summed E-state index contributed by atoms with van der Waals surface area (Å²) in [7, 11) is 0. The highest BCUT2D eigenvalue weighted by molar-refractivity contribution is 6.31. The molecule has 19 heavy (non-hydrogen) atoms. The lowest BCUT2D eigenvalue weighted by Crippen LogP contribution is -2.02. The molecular formula is C12H9ClFN3O2. The van der Waals surface area contributed by atoms with Crippen LogP contribution >= 0.6 is 11.6 Å². The number of nitrogen functional groups attached to an aromatic ring is 1. The van der Waals surface area contributed by atoms with Crippen molar-refractivity contribution >= 4 is 34.4 Å². The van der Waals surface area contributed by atoms with Crippen LogP contribution in [0.3, 0.4) is 0 Å². The maximum Gasteiger partial charge on any atom is 0.315 e. The van der Waals surface area contributed by atoms with Gasteiger partial charge in [0.1, 0.15) is 11.4 Å². The third-order valence-electron chi connectivity index (χ3n) is 2.47. The molecule has 0 unspecified atom stereocenters. The highest BCUT2D eigenvalue weighted by Gasteiger charge is 2.19. The van der Waals surface area contributed by atoms with Gasteiger partial charge in [-0.05, 0) is 24.3 Å². The summed E-state index contributed by atoms with van der Waals surface area (Å²) in [5.74, 6) is -0.680. The van der Waals surface area contributed by atoms with Gasteiger partial charge in [-0.1, -0.05) is 23.7 Å². The Hall–Kier alpha value is -2.34. The van der Waals surface area contributed by atoms with E-state index in [0.29, 0.717) is 0 Å². The van der Waals surface area contributed by atoms with Crippen LogP contribution in [0.4, 0.5) is 27.1 Å². The van der Waals surface area contributed by atoms with Crippen molar-refractivity contribution in [2.45, 2.75) is 0 Å². The maximum absolute atomic E-state index is 13.7. The van der Waals surface area contributed by atoms with Gasteiger partial charge < -0.3 is 11.1 Å². The maximum atomic E-state index is 13.7. The normalized spacial score (nSPS) is 10.2. The SMILES string of the molecule is Nc1cccc(Nc2cccc(Cl)c2F)c1[N+](=O)[O-]. The van der Waals surface area contributed by atoms with Gasteiger partial charge in [0.15, 0.2) is 5.82 Å². The standard InChI is InChI=1S/C12H9ClFN3O2/c13-7-3-1-5-9(11(7)14)16-10-6-2-4-8(15)12(10)17(18)19/h1-6,16H,15H2. The molecule has 0 aliphatic rings. The van der Waals surface area contributed by atoms with Crippen LogP contribution < -0.4 is 11.1 Å². The van der Waals surface area contributed by atoms with Crippen LogP contribution in [0.1, 0.15) is 0 Å². The predicted octanol–water partition coefficient (Wildman–Crippen LogP) is 3.71. The van der Waals surface area contributed by atoms with Crippen LogP contribution in [0, 0.1) is 15.9 Å². The van der Waals surface area contributed by atoms with E-state index in [-0.39, 0.29) is 27.8 Å². The summed E-state index contributed by atoms with van der Waals surface area (Å²) in [4.78, 5) is 10.3. The molecule has 0 spiro atoms.